The Balaban J connectivity index is 2.10. The van der Waals surface area contributed by atoms with Gasteiger partial charge in [0.15, 0.2) is 0 Å². The predicted octanol–water partition coefficient (Wildman–Crippen LogP) is 4.05. The molecule has 0 saturated carbocycles. The molecule has 0 fully saturated rings. The van der Waals surface area contributed by atoms with Crippen molar-refractivity contribution in [1.29, 1.82) is 0 Å². The van der Waals surface area contributed by atoms with E-state index >= 15 is 0 Å². The first-order valence-electron chi connectivity index (χ1n) is 7.30. The third kappa shape index (κ3) is 4.78. The van der Waals surface area contributed by atoms with E-state index < -0.39 is 6.04 Å². The Kier molecular flexibility index (Phi) is 6.17. The van der Waals surface area contributed by atoms with Crippen LogP contribution >= 0.6 is 33.9 Å². The number of hydrogen-bond donors (Lipinski definition) is 2. The molecule has 1 heterocycles. The van der Waals surface area contributed by atoms with Crippen LogP contribution in [0.15, 0.2) is 35.7 Å². The van der Waals surface area contributed by atoms with Gasteiger partial charge in [-0.1, -0.05) is 19.9 Å². The van der Waals surface area contributed by atoms with Crippen LogP contribution in [0.1, 0.15) is 29.1 Å². The molecule has 4 nitrogen and oxygen atoms in total. The number of anilines is 1. The minimum absolute atomic E-state index is 0.0110. The zero-order chi connectivity index (χ0) is 17.0. The molecule has 0 aliphatic carbocycles. The molecule has 2 amide bonds. The van der Waals surface area contributed by atoms with E-state index in [1.807, 2.05) is 50.4 Å². The van der Waals surface area contributed by atoms with Crippen molar-refractivity contribution in [2.45, 2.75) is 26.8 Å². The second kappa shape index (κ2) is 7.92. The smallest absolute Gasteiger partial charge is 0.262 e. The summed E-state index contributed by atoms with van der Waals surface area (Å²) in [6.07, 6.45) is 0. The zero-order valence-corrected chi connectivity index (χ0v) is 16.2. The molecule has 2 rings (SSSR count). The van der Waals surface area contributed by atoms with Gasteiger partial charge in [-0.25, -0.2) is 0 Å². The van der Waals surface area contributed by atoms with Crippen molar-refractivity contribution in [2.75, 3.05) is 5.32 Å². The highest BCUT2D eigenvalue weighted by atomic mass is 127. The van der Waals surface area contributed by atoms with E-state index in [9.17, 15) is 9.59 Å². The van der Waals surface area contributed by atoms with E-state index in [1.54, 1.807) is 6.07 Å². The number of amides is 2. The summed E-state index contributed by atoms with van der Waals surface area (Å²) in [5.41, 5.74) is 1.77. The van der Waals surface area contributed by atoms with Crippen LogP contribution in [0.4, 0.5) is 5.69 Å². The van der Waals surface area contributed by atoms with Crippen molar-refractivity contribution < 1.29 is 9.59 Å². The second-order valence-electron chi connectivity index (χ2n) is 5.62. The van der Waals surface area contributed by atoms with Crippen LogP contribution in [0.3, 0.4) is 0 Å². The molecule has 0 aliphatic heterocycles. The van der Waals surface area contributed by atoms with Crippen molar-refractivity contribution in [3.8, 4) is 0 Å². The van der Waals surface area contributed by atoms with E-state index in [0.717, 1.165) is 14.8 Å². The minimum atomic E-state index is -0.580. The lowest BCUT2D eigenvalue weighted by molar-refractivity contribution is -0.118. The number of hydrogen-bond acceptors (Lipinski definition) is 3. The lowest BCUT2D eigenvalue weighted by atomic mass is 10.0. The molecule has 23 heavy (non-hydrogen) atoms. The van der Waals surface area contributed by atoms with Gasteiger partial charge in [0.2, 0.25) is 5.91 Å². The maximum absolute atomic E-state index is 12.6. The molecule has 0 bridgehead atoms. The van der Waals surface area contributed by atoms with E-state index in [1.165, 1.54) is 11.3 Å². The molecule has 1 atom stereocenters. The van der Waals surface area contributed by atoms with Gasteiger partial charge < -0.3 is 10.6 Å². The van der Waals surface area contributed by atoms with Crippen molar-refractivity contribution in [2.24, 2.45) is 5.92 Å². The Bertz CT molecular complexity index is 699. The van der Waals surface area contributed by atoms with Gasteiger partial charge in [-0.15, -0.1) is 11.3 Å². The first kappa shape index (κ1) is 17.9. The quantitative estimate of drug-likeness (QED) is 0.687. The number of halogens is 1. The second-order valence-corrected chi connectivity index (χ2v) is 7.81. The number of carbonyl (C=O) groups excluding carboxylic acids is 2. The normalized spacial score (nSPS) is 12.0. The van der Waals surface area contributed by atoms with Crippen LogP contribution in [-0.2, 0) is 4.79 Å². The molecule has 6 heteroatoms. The van der Waals surface area contributed by atoms with Gasteiger partial charge in [0.05, 0.1) is 4.88 Å². The Hall–Kier alpha value is -1.41. The van der Waals surface area contributed by atoms with E-state index in [0.29, 0.717) is 4.88 Å². The summed E-state index contributed by atoms with van der Waals surface area (Å²) in [5.74, 6) is -0.425. The molecule has 122 valence electrons. The summed E-state index contributed by atoms with van der Waals surface area (Å²) in [6.45, 7) is 5.78. The maximum atomic E-state index is 12.6. The lowest BCUT2D eigenvalue weighted by Crippen LogP contribution is -2.47. The number of aryl methyl sites for hydroxylation is 1. The van der Waals surface area contributed by atoms with E-state index in [4.69, 9.17) is 0 Å². The molecule has 2 aromatic rings. The SMILES string of the molecule is Cc1cc(I)ccc1NC(=O)C(NC(=O)c1cccs1)C(C)C. The summed E-state index contributed by atoms with van der Waals surface area (Å²) >= 11 is 3.59. The third-order valence-electron chi connectivity index (χ3n) is 3.43. The van der Waals surface area contributed by atoms with Crippen LogP contribution in [-0.4, -0.2) is 17.9 Å². The van der Waals surface area contributed by atoms with Crippen LogP contribution in [0.2, 0.25) is 0 Å². The molecule has 1 aromatic heterocycles. The Morgan fingerprint density at radius 3 is 2.52 bits per heavy atom. The maximum Gasteiger partial charge on any atom is 0.262 e. The van der Waals surface area contributed by atoms with Gasteiger partial charge in [-0.2, -0.15) is 0 Å². The zero-order valence-electron chi connectivity index (χ0n) is 13.2. The molecule has 0 spiro atoms. The molecule has 1 unspecified atom stereocenters. The van der Waals surface area contributed by atoms with Crippen molar-refractivity contribution >= 4 is 51.4 Å². The van der Waals surface area contributed by atoms with Crippen molar-refractivity contribution in [3.63, 3.8) is 0 Å². The summed E-state index contributed by atoms with van der Waals surface area (Å²) < 4.78 is 1.12. The predicted molar refractivity (Wildman–Crippen MR) is 103 cm³/mol. The highest BCUT2D eigenvalue weighted by Crippen LogP contribution is 2.19. The Labute approximate surface area is 153 Å². The number of rotatable bonds is 5. The van der Waals surface area contributed by atoms with E-state index in [2.05, 4.69) is 33.2 Å². The fourth-order valence-corrected chi connectivity index (χ4v) is 3.41. The van der Waals surface area contributed by atoms with Gasteiger partial charge in [0.1, 0.15) is 6.04 Å². The van der Waals surface area contributed by atoms with Crippen LogP contribution in [0, 0.1) is 16.4 Å². The summed E-state index contributed by atoms with van der Waals surface area (Å²) in [4.78, 5) is 25.4. The lowest BCUT2D eigenvalue weighted by Gasteiger charge is -2.22. The molecule has 0 saturated heterocycles. The van der Waals surface area contributed by atoms with Gasteiger partial charge in [-0.3, -0.25) is 9.59 Å². The summed E-state index contributed by atoms with van der Waals surface area (Å²) in [5, 5.41) is 7.59. The van der Waals surface area contributed by atoms with Crippen LogP contribution in [0.5, 0.6) is 0 Å². The molecule has 1 aromatic carbocycles. The van der Waals surface area contributed by atoms with Gasteiger partial charge in [0, 0.05) is 9.26 Å². The average Bonchev–Trinajstić information content (AvgIpc) is 3.01. The van der Waals surface area contributed by atoms with Crippen LogP contribution in [0.25, 0.3) is 0 Å². The summed E-state index contributed by atoms with van der Waals surface area (Å²) in [7, 11) is 0. The minimum Gasteiger partial charge on any atom is -0.339 e. The average molecular weight is 442 g/mol. The highest BCUT2D eigenvalue weighted by Gasteiger charge is 2.25. The van der Waals surface area contributed by atoms with Gasteiger partial charge in [0.25, 0.3) is 5.91 Å². The van der Waals surface area contributed by atoms with Crippen molar-refractivity contribution in [1.82, 2.24) is 5.32 Å². The summed E-state index contributed by atoms with van der Waals surface area (Å²) in [6, 6.07) is 8.82. The number of nitrogens with one attached hydrogen (secondary N) is 2. The number of thiophene rings is 1. The number of carbonyl (C=O) groups is 2. The molecule has 0 aliphatic rings. The first-order valence-corrected chi connectivity index (χ1v) is 9.25. The molecular weight excluding hydrogens is 423 g/mol. The third-order valence-corrected chi connectivity index (χ3v) is 4.97. The first-order chi connectivity index (χ1) is 10.9. The topological polar surface area (TPSA) is 58.2 Å². The fraction of sp³-hybridized carbons (Fsp3) is 0.294. The molecular formula is C17H19IN2O2S. The Morgan fingerprint density at radius 1 is 1.22 bits per heavy atom. The van der Waals surface area contributed by atoms with Crippen molar-refractivity contribution in [3.05, 3.63) is 49.7 Å². The standard InChI is InChI=1S/C17H19IN2O2S/c1-10(2)15(20-16(21)14-5-4-8-23-14)17(22)19-13-7-6-12(18)9-11(13)3/h4-10,15H,1-3H3,(H,19,22)(H,20,21). The highest BCUT2D eigenvalue weighted by molar-refractivity contribution is 14.1. The molecule has 0 radical (unpaired) electrons. The Morgan fingerprint density at radius 2 is 1.96 bits per heavy atom. The van der Waals surface area contributed by atoms with Crippen LogP contribution < -0.4 is 10.6 Å². The van der Waals surface area contributed by atoms with Gasteiger partial charge >= 0.3 is 0 Å². The van der Waals surface area contributed by atoms with Gasteiger partial charge in [-0.05, 0) is 70.6 Å². The number of benzene rings is 1. The largest absolute Gasteiger partial charge is 0.339 e. The molecule has 2 N–H and O–H groups in total. The van der Waals surface area contributed by atoms with E-state index in [-0.39, 0.29) is 17.7 Å². The monoisotopic (exact) mass is 442 g/mol. The fourth-order valence-electron chi connectivity index (χ4n) is 2.13.